The van der Waals surface area contributed by atoms with Gasteiger partial charge in [-0.15, -0.1) is 11.6 Å². The van der Waals surface area contributed by atoms with Gasteiger partial charge < -0.3 is 0 Å². The second-order valence-electron chi connectivity index (χ2n) is 3.92. The maximum absolute atomic E-state index is 10.2. The van der Waals surface area contributed by atoms with Crippen LogP contribution in [-0.2, 0) is 4.79 Å². The van der Waals surface area contributed by atoms with Crippen LogP contribution in [0, 0.1) is 5.41 Å². The van der Waals surface area contributed by atoms with E-state index in [-0.39, 0.29) is 10.7 Å². The molecule has 0 saturated heterocycles. The van der Waals surface area contributed by atoms with Crippen LogP contribution in [0.15, 0.2) is 0 Å². The first-order valence-corrected chi connectivity index (χ1v) is 5.53. The Morgan fingerprint density at radius 2 is 1.62 bits per heavy atom. The van der Waals surface area contributed by atoms with Crippen molar-refractivity contribution in [3.63, 3.8) is 0 Å². The van der Waals surface area contributed by atoms with Crippen molar-refractivity contribution >= 4 is 28.4 Å². The van der Waals surface area contributed by atoms with E-state index >= 15 is 0 Å². The number of carbonyl (C=O) groups excluding carboxylic acids is 1. The van der Waals surface area contributed by atoms with Crippen molar-refractivity contribution in [3.8, 4) is 0 Å². The molecule has 0 aromatic rings. The SMILES string of the molecule is CC(C)(C)C(=O)Cl.CCCCCCl. The molecule has 0 N–H and O–H groups in total. The zero-order chi connectivity index (χ0) is 10.9. The quantitative estimate of drug-likeness (QED) is 0.401. The van der Waals surface area contributed by atoms with Gasteiger partial charge in [0.2, 0.25) is 5.24 Å². The fraction of sp³-hybridized carbons (Fsp3) is 0.900. The van der Waals surface area contributed by atoms with Gasteiger partial charge in [-0.05, 0) is 18.0 Å². The van der Waals surface area contributed by atoms with Gasteiger partial charge in [-0.3, -0.25) is 4.79 Å². The Kier molecular flexibility index (Phi) is 10.7. The predicted molar refractivity (Wildman–Crippen MR) is 60.6 cm³/mol. The van der Waals surface area contributed by atoms with E-state index in [9.17, 15) is 4.79 Å². The fourth-order valence-electron chi connectivity index (χ4n) is 0.344. The summed E-state index contributed by atoms with van der Waals surface area (Å²) in [7, 11) is 0. The molecule has 0 fully saturated rings. The average molecular weight is 227 g/mol. The molecule has 0 saturated carbocycles. The Morgan fingerprint density at radius 1 is 1.23 bits per heavy atom. The van der Waals surface area contributed by atoms with Crippen LogP contribution in [0.25, 0.3) is 0 Å². The molecule has 0 unspecified atom stereocenters. The molecule has 0 aliphatic heterocycles. The van der Waals surface area contributed by atoms with E-state index in [1.165, 1.54) is 19.3 Å². The summed E-state index contributed by atoms with van der Waals surface area (Å²) in [5, 5.41) is -0.285. The van der Waals surface area contributed by atoms with Crippen LogP contribution in [0.1, 0.15) is 47.0 Å². The molecule has 0 bridgehead atoms. The summed E-state index contributed by atoms with van der Waals surface area (Å²) >= 11 is 10.5. The third-order valence-electron chi connectivity index (χ3n) is 1.33. The Balaban J connectivity index is 0. The van der Waals surface area contributed by atoms with E-state index in [0.717, 1.165) is 5.88 Å². The van der Waals surface area contributed by atoms with Crippen molar-refractivity contribution in [1.82, 2.24) is 0 Å². The summed E-state index contributed by atoms with van der Waals surface area (Å²) in [5.41, 5.74) is -0.373. The van der Waals surface area contributed by atoms with Crippen LogP contribution in [0.5, 0.6) is 0 Å². The molecule has 0 amide bonds. The topological polar surface area (TPSA) is 17.1 Å². The number of hydrogen-bond acceptors (Lipinski definition) is 1. The van der Waals surface area contributed by atoms with Gasteiger partial charge >= 0.3 is 0 Å². The van der Waals surface area contributed by atoms with Crippen molar-refractivity contribution in [2.75, 3.05) is 5.88 Å². The molecule has 0 heterocycles. The number of hydrogen-bond donors (Lipinski definition) is 0. The van der Waals surface area contributed by atoms with Crippen LogP contribution in [0.2, 0.25) is 0 Å². The van der Waals surface area contributed by atoms with E-state index in [0.29, 0.717) is 0 Å². The lowest BCUT2D eigenvalue weighted by molar-refractivity contribution is -0.118. The highest BCUT2D eigenvalue weighted by molar-refractivity contribution is 6.64. The molecule has 0 aromatic heterocycles. The molecule has 0 aliphatic carbocycles. The summed E-state index contributed by atoms with van der Waals surface area (Å²) in [6.45, 7) is 7.51. The van der Waals surface area contributed by atoms with Crippen LogP contribution < -0.4 is 0 Å². The van der Waals surface area contributed by atoms with Crippen molar-refractivity contribution in [2.45, 2.75) is 47.0 Å². The molecule has 1 nitrogen and oxygen atoms in total. The molecular weight excluding hydrogens is 207 g/mol. The highest BCUT2D eigenvalue weighted by atomic mass is 35.5. The smallest absolute Gasteiger partial charge is 0.226 e. The molecule has 0 atom stereocenters. The minimum atomic E-state index is -0.373. The van der Waals surface area contributed by atoms with E-state index in [1.807, 2.05) is 0 Å². The van der Waals surface area contributed by atoms with Crippen molar-refractivity contribution < 1.29 is 4.79 Å². The molecule has 13 heavy (non-hydrogen) atoms. The lowest BCUT2D eigenvalue weighted by Crippen LogP contribution is -2.13. The number of alkyl halides is 1. The minimum absolute atomic E-state index is 0.285. The predicted octanol–water partition coefficient (Wildman–Crippen LogP) is 4.21. The number of carbonyl (C=O) groups is 1. The van der Waals surface area contributed by atoms with Crippen LogP contribution >= 0.6 is 23.2 Å². The van der Waals surface area contributed by atoms with Crippen molar-refractivity contribution in [2.24, 2.45) is 5.41 Å². The maximum Gasteiger partial charge on any atom is 0.226 e. The standard InChI is InChI=1S/C5H9ClO.C5H11Cl/c1-5(2,3)4(6)7;1-2-3-4-5-6/h1-3H3;2-5H2,1H3. The Bertz CT molecular complexity index is 123. The average Bonchev–Trinajstić information content (AvgIpc) is 2.00. The zero-order valence-electron chi connectivity index (χ0n) is 8.99. The van der Waals surface area contributed by atoms with Gasteiger partial charge in [-0.1, -0.05) is 40.5 Å². The van der Waals surface area contributed by atoms with Gasteiger partial charge in [-0.25, -0.2) is 0 Å². The highest BCUT2D eigenvalue weighted by Crippen LogP contribution is 2.15. The van der Waals surface area contributed by atoms with E-state index in [4.69, 9.17) is 23.2 Å². The fourth-order valence-corrected chi connectivity index (χ4v) is 0.533. The largest absolute Gasteiger partial charge is 0.281 e. The van der Waals surface area contributed by atoms with Gasteiger partial charge in [0, 0.05) is 11.3 Å². The number of unbranched alkanes of at least 4 members (excludes halogenated alkanes) is 2. The van der Waals surface area contributed by atoms with E-state index < -0.39 is 0 Å². The lowest BCUT2D eigenvalue weighted by atomic mass is 10.00. The highest BCUT2D eigenvalue weighted by Gasteiger charge is 2.17. The Labute approximate surface area is 91.8 Å². The van der Waals surface area contributed by atoms with E-state index in [2.05, 4.69) is 6.92 Å². The first-order valence-electron chi connectivity index (χ1n) is 4.62. The molecular formula is C10H20Cl2O. The Hall–Kier alpha value is 0.250. The minimum Gasteiger partial charge on any atom is -0.281 e. The molecule has 0 aromatic carbocycles. The number of rotatable bonds is 3. The second-order valence-corrected chi connectivity index (χ2v) is 4.64. The van der Waals surface area contributed by atoms with Gasteiger partial charge in [0.1, 0.15) is 0 Å². The number of halogens is 2. The normalized spacial score (nSPS) is 10.3. The molecule has 0 aliphatic rings. The van der Waals surface area contributed by atoms with Crippen LogP contribution in [-0.4, -0.2) is 11.1 Å². The van der Waals surface area contributed by atoms with Crippen LogP contribution in [0.3, 0.4) is 0 Å². The lowest BCUT2D eigenvalue weighted by Gasteiger charge is -2.08. The third kappa shape index (κ3) is 15.0. The van der Waals surface area contributed by atoms with Gasteiger partial charge in [0.15, 0.2) is 0 Å². The molecule has 0 radical (unpaired) electrons. The van der Waals surface area contributed by atoms with Gasteiger partial charge in [0.05, 0.1) is 0 Å². The first-order chi connectivity index (χ1) is 5.86. The summed E-state index contributed by atoms with van der Waals surface area (Å²) in [4.78, 5) is 10.2. The van der Waals surface area contributed by atoms with Crippen molar-refractivity contribution in [1.29, 1.82) is 0 Å². The van der Waals surface area contributed by atoms with Gasteiger partial charge in [0.25, 0.3) is 0 Å². The summed E-state index contributed by atoms with van der Waals surface area (Å²) in [6, 6.07) is 0. The Morgan fingerprint density at radius 3 is 1.69 bits per heavy atom. The molecule has 0 spiro atoms. The monoisotopic (exact) mass is 226 g/mol. The van der Waals surface area contributed by atoms with Gasteiger partial charge in [-0.2, -0.15) is 0 Å². The summed E-state index contributed by atoms with van der Waals surface area (Å²) in [5.74, 6) is 0.827. The molecule has 0 rings (SSSR count). The maximum atomic E-state index is 10.2. The summed E-state index contributed by atoms with van der Waals surface area (Å²) < 4.78 is 0. The third-order valence-corrected chi connectivity index (χ3v) is 2.16. The van der Waals surface area contributed by atoms with E-state index in [1.54, 1.807) is 20.8 Å². The van der Waals surface area contributed by atoms with Crippen molar-refractivity contribution in [3.05, 3.63) is 0 Å². The molecule has 80 valence electrons. The first kappa shape index (κ1) is 15.7. The molecule has 3 heteroatoms. The van der Waals surface area contributed by atoms with Crippen LogP contribution in [0.4, 0.5) is 0 Å². The zero-order valence-corrected chi connectivity index (χ0v) is 10.5. The summed E-state index contributed by atoms with van der Waals surface area (Å²) in [6.07, 6.45) is 3.73. The second kappa shape index (κ2) is 8.83.